The van der Waals surface area contributed by atoms with Gasteiger partial charge in [0.1, 0.15) is 17.2 Å². The Morgan fingerprint density at radius 3 is 1.52 bits per heavy atom. The lowest BCUT2D eigenvalue weighted by Gasteiger charge is -2.11. The lowest BCUT2D eigenvalue weighted by atomic mass is 10.1. The van der Waals surface area contributed by atoms with Crippen LogP contribution in [0.1, 0.15) is 0 Å². The van der Waals surface area contributed by atoms with Gasteiger partial charge in [0, 0.05) is 41.2 Å². The molecule has 0 bridgehead atoms. The minimum Gasteiger partial charge on any atom is -0.292 e. The summed E-state index contributed by atoms with van der Waals surface area (Å²) in [4.78, 5) is 18.4. The molecule has 0 aliphatic carbocycles. The van der Waals surface area contributed by atoms with E-state index >= 15 is 0 Å². The van der Waals surface area contributed by atoms with Crippen LogP contribution in [0.5, 0.6) is 0 Å². The van der Waals surface area contributed by atoms with Gasteiger partial charge in [-0.25, -0.2) is 31.9 Å². The second-order valence-electron chi connectivity index (χ2n) is 13.7. The zero-order valence-electron chi connectivity index (χ0n) is 30.9. The average Bonchev–Trinajstić information content (AvgIpc) is 3.83. The van der Waals surface area contributed by atoms with Crippen molar-refractivity contribution in [2.75, 3.05) is 6.26 Å². The highest BCUT2D eigenvalue weighted by molar-refractivity contribution is 7.90. The minimum absolute atomic E-state index is 0.0660. The molecule has 13 heteroatoms. The van der Waals surface area contributed by atoms with Crippen LogP contribution >= 0.6 is 0 Å². The molecule has 2 N–H and O–H groups in total. The molecule has 284 valence electrons. The first kappa shape index (κ1) is 36.6. The lowest BCUT2D eigenvalue weighted by molar-refractivity contribution is 0.597. The van der Waals surface area contributed by atoms with Gasteiger partial charge < -0.3 is 0 Å². The summed E-state index contributed by atoms with van der Waals surface area (Å²) in [5.41, 5.74) is 6.94. The van der Waals surface area contributed by atoms with Gasteiger partial charge in [0.25, 0.3) is 0 Å². The van der Waals surface area contributed by atoms with E-state index < -0.39 is 19.9 Å². The zero-order chi connectivity index (χ0) is 40.0. The van der Waals surface area contributed by atoms with Crippen LogP contribution in [0.2, 0.25) is 0 Å². The van der Waals surface area contributed by atoms with Crippen molar-refractivity contribution >= 4 is 63.5 Å². The van der Waals surface area contributed by atoms with Crippen LogP contribution in [-0.4, -0.2) is 52.2 Å². The van der Waals surface area contributed by atoms with Gasteiger partial charge >= 0.3 is 0 Å². The second kappa shape index (κ2) is 14.5. The van der Waals surface area contributed by atoms with Gasteiger partial charge in [0.2, 0.25) is 10.0 Å². The maximum atomic E-state index is 11.8. The Labute approximate surface area is 333 Å². The number of sulfone groups is 1. The van der Waals surface area contributed by atoms with Crippen LogP contribution < -0.4 is 5.14 Å². The predicted octanol–water partition coefficient (Wildman–Crippen LogP) is 8.53. The summed E-state index contributed by atoms with van der Waals surface area (Å²) in [5.74, 6) is 1.44. The molecule has 0 amide bonds. The number of sulfonamides is 1. The molecule has 10 rings (SSSR count). The summed E-state index contributed by atoms with van der Waals surface area (Å²) < 4.78 is 50.9. The molecule has 0 saturated heterocycles. The standard InChI is InChI=1S/C23H17N3O2S.C22H16N4O2S/c1-29(27,28)20-10-7-17(8-11-20)23-25-21-15-24-13-12-22(21)26(23)19-9-6-16-4-2-3-5-18(16)14-19;23-29(27,28)19-9-6-16(7-10-19)22-25-20-11-12-24-14-21(20)26(22)18-8-5-15-3-1-2-4-17(15)13-18/h2-15H,1H3;1-14H,(H2,23,27,28). The van der Waals surface area contributed by atoms with Gasteiger partial charge in [0.15, 0.2) is 9.84 Å². The van der Waals surface area contributed by atoms with Crippen LogP contribution in [0.3, 0.4) is 0 Å². The first-order chi connectivity index (χ1) is 28.0. The third-order valence-electron chi connectivity index (χ3n) is 9.88. The zero-order valence-corrected chi connectivity index (χ0v) is 32.5. The normalized spacial score (nSPS) is 11.9. The van der Waals surface area contributed by atoms with Crippen LogP contribution in [0, 0.1) is 0 Å². The molecule has 11 nitrogen and oxygen atoms in total. The van der Waals surface area contributed by atoms with E-state index in [2.05, 4.69) is 69.1 Å². The molecule has 0 saturated carbocycles. The smallest absolute Gasteiger partial charge is 0.238 e. The number of hydrogen-bond donors (Lipinski definition) is 1. The summed E-state index contributed by atoms with van der Waals surface area (Å²) in [6.45, 7) is 0. The van der Waals surface area contributed by atoms with Crippen LogP contribution in [0.25, 0.3) is 77.8 Å². The third kappa shape index (κ3) is 6.98. The molecular weight excluding hydrogens is 767 g/mol. The van der Waals surface area contributed by atoms with E-state index in [1.54, 1.807) is 61.2 Å². The number of imidazole rings is 2. The van der Waals surface area contributed by atoms with E-state index in [1.165, 1.54) is 23.8 Å². The van der Waals surface area contributed by atoms with E-state index in [9.17, 15) is 16.8 Å². The van der Waals surface area contributed by atoms with Crippen LogP contribution in [0.15, 0.2) is 180 Å². The molecule has 0 aliphatic rings. The number of primary sulfonamides is 1. The first-order valence-corrected chi connectivity index (χ1v) is 21.5. The van der Waals surface area contributed by atoms with Crippen molar-refractivity contribution in [3.63, 3.8) is 0 Å². The highest BCUT2D eigenvalue weighted by Gasteiger charge is 2.18. The Kier molecular flexibility index (Phi) is 9.12. The van der Waals surface area contributed by atoms with Gasteiger partial charge in [-0.05, 0) is 106 Å². The second-order valence-corrected chi connectivity index (χ2v) is 17.3. The fraction of sp³-hybridized carbons (Fsp3) is 0.0222. The highest BCUT2D eigenvalue weighted by Crippen LogP contribution is 2.32. The summed E-state index contributed by atoms with van der Waals surface area (Å²) in [5, 5.41) is 9.80. The number of aromatic nitrogens is 6. The molecule has 10 aromatic rings. The number of nitrogens with two attached hydrogens (primary N) is 1. The third-order valence-corrected chi connectivity index (χ3v) is 11.9. The number of benzene rings is 6. The molecule has 0 atom stereocenters. The number of fused-ring (bicyclic) bond motifs is 4. The van der Waals surface area contributed by atoms with E-state index in [-0.39, 0.29) is 9.79 Å². The summed E-state index contributed by atoms with van der Waals surface area (Å²) >= 11 is 0. The predicted molar refractivity (Wildman–Crippen MR) is 228 cm³/mol. The van der Waals surface area contributed by atoms with Gasteiger partial charge in [-0.2, -0.15) is 0 Å². The Morgan fingerprint density at radius 2 is 0.966 bits per heavy atom. The summed E-state index contributed by atoms with van der Waals surface area (Å²) in [6.07, 6.45) is 8.17. The Hall–Kier alpha value is -7.06. The summed E-state index contributed by atoms with van der Waals surface area (Å²) in [7, 11) is -7.00. The molecule has 0 unspecified atom stereocenters. The molecule has 58 heavy (non-hydrogen) atoms. The van der Waals surface area contributed by atoms with Crippen LogP contribution in [-0.2, 0) is 19.9 Å². The minimum atomic E-state index is -3.75. The first-order valence-electron chi connectivity index (χ1n) is 18.1. The molecular formula is C45H33N7O4S2. The molecule has 0 aliphatic heterocycles. The van der Waals surface area contributed by atoms with Crippen molar-refractivity contribution in [1.29, 1.82) is 0 Å². The topological polar surface area (TPSA) is 156 Å². The fourth-order valence-corrected chi connectivity index (χ4v) is 8.19. The number of hydrogen-bond acceptors (Lipinski definition) is 8. The molecule has 0 radical (unpaired) electrons. The van der Waals surface area contributed by atoms with Crippen molar-refractivity contribution in [2.24, 2.45) is 5.14 Å². The van der Waals surface area contributed by atoms with Crippen molar-refractivity contribution in [1.82, 2.24) is 29.1 Å². The molecule has 6 aromatic carbocycles. The van der Waals surface area contributed by atoms with Crippen molar-refractivity contribution in [3.05, 3.63) is 170 Å². The highest BCUT2D eigenvalue weighted by atomic mass is 32.2. The molecule has 4 aromatic heterocycles. The number of nitrogens with zero attached hydrogens (tertiary/aromatic N) is 6. The van der Waals surface area contributed by atoms with Gasteiger partial charge in [-0.3, -0.25) is 19.1 Å². The number of pyridine rings is 2. The lowest BCUT2D eigenvalue weighted by Crippen LogP contribution is -2.11. The van der Waals surface area contributed by atoms with Gasteiger partial charge in [0.05, 0.1) is 38.7 Å². The summed E-state index contributed by atoms with van der Waals surface area (Å²) in [6, 6.07) is 45.9. The fourth-order valence-electron chi connectivity index (χ4n) is 7.04. The van der Waals surface area contributed by atoms with E-state index in [0.29, 0.717) is 5.82 Å². The Bertz CT molecular complexity index is 3170. The SMILES string of the molecule is CS(=O)(=O)c1ccc(-c2nc3cnccc3n2-c2ccc3ccccc3c2)cc1.NS(=O)(=O)c1ccc(-c2nc3ccncc3n2-c2ccc3ccccc3c2)cc1. The Morgan fingerprint density at radius 1 is 0.483 bits per heavy atom. The molecule has 0 spiro atoms. The van der Waals surface area contributed by atoms with Crippen molar-refractivity contribution in [2.45, 2.75) is 9.79 Å². The quantitative estimate of drug-likeness (QED) is 0.176. The maximum Gasteiger partial charge on any atom is 0.238 e. The maximum absolute atomic E-state index is 11.8. The number of rotatable bonds is 6. The van der Waals surface area contributed by atoms with Gasteiger partial charge in [-0.15, -0.1) is 0 Å². The van der Waals surface area contributed by atoms with Crippen LogP contribution in [0.4, 0.5) is 0 Å². The van der Waals surface area contributed by atoms with E-state index in [1.807, 2.05) is 47.0 Å². The monoisotopic (exact) mass is 799 g/mol. The van der Waals surface area contributed by atoms with Gasteiger partial charge in [-0.1, -0.05) is 60.7 Å². The average molecular weight is 800 g/mol. The van der Waals surface area contributed by atoms with Crippen molar-refractivity contribution < 1.29 is 16.8 Å². The van der Waals surface area contributed by atoms with E-state index in [4.69, 9.17) is 15.1 Å². The Balaban J connectivity index is 0.000000150. The molecule has 4 heterocycles. The van der Waals surface area contributed by atoms with E-state index in [0.717, 1.165) is 66.6 Å². The largest absolute Gasteiger partial charge is 0.292 e. The molecule has 0 fully saturated rings. The van der Waals surface area contributed by atoms with Crippen molar-refractivity contribution in [3.8, 4) is 34.2 Å².